The number of esters is 2. The van der Waals surface area contributed by atoms with Crippen LogP contribution < -0.4 is 5.35 Å². The summed E-state index contributed by atoms with van der Waals surface area (Å²) in [5, 5.41) is 4.25. The Morgan fingerprint density at radius 2 is 1.40 bits per heavy atom. The number of benzene rings is 4. The van der Waals surface area contributed by atoms with E-state index in [4.69, 9.17) is 9.47 Å². The van der Waals surface area contributed by atoms with Gasteiger partial charge < -0.3 is 14.0 Å². The molecule has 2 aliphatic rings. The Labute approximate surface area is 358 Å². The van der Waals surface area contributed by atoms with Crippen LogP contribution in [-0.2, 0) is 56.0 Å². The van der Waals surface area contributed by atoms with Gasteiger partial charge in [-0.05, 0) is 73.9 Å². The number of aryl methyl sites for hydroxylation is 1. The van der Waals surface area contributed by atoms with Gasteiger partial charge in [-0.15, -0.1) is 0 Å². The Hall–Kier alpha value is -5.50. The van der Waals surface area contributed by atoms with Crippen molar-refractivity contribution in [3.63, 3.8) is 0 Å². The van der Waals surface area contributed by atoms with E-state index in [1.54, 1.807) is 54.9 Å². The molecule has 7 rings (SSSR count). The monoisotopic (exact) mass is 905 g/mol. The van der Waals surface area contributed by atoms with Crippen LogP contribution in [0.15, 0.2) is 107 Å². The average molecular weight is 906 g/mol. The zero-order chi connectivity index (χ0) is 44.6. The minimum absolute atomic E-state index is 0.00476. The second-order valence-corrected chi connectivity index (χ2v) is 19.7. The number of allylic oxidation sites excluding steroid dienone is 6. The van der Waals surface area contributed by atoms with Crippen LogP contribution in [0.25, 0.3) is 38.5 Å². The lowest BCUT2D eigenvalue weighted by molar-refractivity contribution is -0.435. The van der Waals surface area contributed by atoms with E-state index < -0.39 is 59.2 Å². The van der Waals surface area contributed by atoms with E-state index in [1.165, 1.54) is 12.1 Å². The standard InChI is InChI=1S/C44H44N2O13S3/c1-3-58-42(47)44(43(48)59-4-2)27-29(16-18-35-32-12-5-10-31-11-6-15-37(40(31)32)45(35)22-8-24-60(49,50)51)26-30(28-44)17-19-36-33-13-7-14-34-39(62(55,56)57)21-20-38(41(33)34)46(36)23-9-25-61(52,53)54/h5-7,10-21,26H,3-4,8-9,22-25,27-28H2,1-2H3,(H2-,49,50,51,52,53,54,55,56,57)/p+1. The first-order chi connectivity index (χ1) is 29.3. The molecule has 326 valence electrons. The zero-order valence-electron chi connectivity index (χ0n) is 33.9. The fraction of sp³-hybridized carbons (Fsp3) is 0.295. The highest BCUT2D eigenvalue weighted by Gasteiger charge is 2.51. The van der Waals surface area contributed by atoms with E-state index in [1.807, 2.05) is 53.1 Å². The number of carbonyl (C=O) groups excluding carboxylic acids is 2. The summed E-state index contributed by atoms with van der Waals surface area (Å²) in [5.41, 5.74) is 1.72. The minimum Gasteiger partial charge on any atom is -0.465 e. The van der Waals surface area contributed by atoms with E-state index in [2.05, 4.69) is 0 Å². The Morgan fingerprint density at radius 1 is 0.758 bits per heavy atom. The average Bonchev–Trinajstić information content (AvgIpc) is 3.68. The summed E-state index contributed by atoms with van der Waals surface area (Å²) in [5.74, 6) is -2.55. The molecular weight excluding hydrogens is 861 g/mol. The van der Waals surface area contributed by atoms with Crippen LogP contribution in [0.3, 0.4) is 0 Å². The number of carbonyl (C=O) groups is 2. The maximum atomic E-state index is 14.0. The fourth-order valence-electron chi connectivity index (χ4n) is 8.58. The summed E-state index contributed by atoms with van der Waals surface area (Å²) in [6.45, 7) is 3.57. The summed E-state index contributed by atoms with van der Waals surface area (Å²) in [4.78, 5) is 27.6. The number of aromatic nitrogens is 1. The van der Waals surface area contributed by atoms with Gasteiger partial charge in [-0.2, -0.15) is 29.8 Å². The van der Waals surface area contributed by atoms with Crippen molar-refractivity contribution in [2.75, 3.05) is 31.3 Å². The minimum atomic E-state index is -4.64. The van der Waals surface area contributed by atoms with Gasteiger partial charge in [0.05, 0.1) is 35.7 Å². The molecule has 0 amide bonds. The molecule has 4 aromatic carbocycles. The molecule has 0 bridgehead atoms. The van der Waals surface area contributed by atoms with Crippen molar-refractivity contribution in [2.45, 2.75) is 51.0 Å². The lowest BCUT2D eigenvalue weighted by Gasteiger charge is -2.33. The molecule has 3 N–H and O–H groups in total. The quantitative estimate of drug-likeness (QED) is 0.0468. The van der Waals surface area contributed by atoms with Gasteiger partial charge in [0.2, 0.25) is 11.4 Å². The second-order valence-electron chi connectivity index (χ2n) is 15.2. The summed E-state index contributed by atoms with van der Waals surface area (Å²) in [6.07, 6.45) is 8.79. The number of nitrogens with zero attached hydrogens (tertiary/aromatic N) is 2. The highest BCUT2D eigenvalue weighted by Crippen LogP contribution is 2.43. The van der Waals surface area contributed by atoms with Gasteiger partial charge in [0.1, 0.15) is 4.90 Å². The predicted molar refractivity (Wildman–Crippen MR) is 234 cm³/mol. The number of rotatable bonds is 16. The summed E-state index contributed by atoms with van der Waals surface area (Å²) >= 11 is 0. The van der Waals surface area contributed by atoms with E-state index in [9.17, 15) is 48.5 Å². The van der Waals surface area contributed by atoms with Crippen LogP contribution >= 0.6 is 0 Å². The van der Waals surface area contributed by atoms with Crippen molar-refractivity contribution < 1.29 is 62.5 Å². The van der Waals surface area contributed by atoms with E-state index in [0.717, 1.165) is 27.0 Å². The molecule has 0 atom stereocenters. The third-order valence-electron chi connectivity index (χ3n) is 11.0. The van der Waals surface area contributed by atoms with Crippen molar-refractivity contribution in [3.05, 3.63) is 113 Å². The first-order valence-electron chi connectivity index (χ1n) is 19.9. The molecule has 0 unspecified atom stereocenters. The van der Waals surface area contributed by atoms with Crippen LogP contribution in [0, 0.1) is 5.41 Å². The van der Waals surface area contributed by atoms with E-state index in [-0.39, 0.29) is 62.3 Å². The molecular formula is C44H45N2O13S3+. The molecule has 2 heterocycles. The third kappa shape index (κ3) is 9.02. The van der Waals surface area contributed by atoms with Crippen molar-refractivity contribution in [3.8, 4) is 0 Å². The molecule has 62 heavy (non-hydrogen) atoms. The summed E-state index contributed by atoms with van der Waals surface area (Å²) in [6, 6.07) is 19.3. The highest BCUT2D eigenvalue weighted by atomic mass is 32.2. The van der Waals surface area contributed by atoms with Crippen LogP contribution in [-0.4, -0.2) is 97.0 Å². The lowest BCUT2D eigenvalue weighted by Crippen LogP contribution is -2.44. The Balaban J connectivity index is 1.40. The van der Waals surface area contributed by atoms with Crippen molar-refractivity contribution in [2.24, 2.45) is 5.41 Å². The van der Waals surface area contributed by atoms with Gasteiger partial charge in [0, 0.05) is 52.1 Å². The van der Waals surface area contributed by atoms with Gasteiger partial charge in [0.15, 0.2) is 12.0 Å². The van der Waals surface area contributed by atoms with Crippen molar-refractivity contribution in [1.82, 2.24) is 4.57 Å². The Kier molecular flexibility index (Phi) is 12.5. The second kappa shape index (κ2) is 17.3. The summed E-state index contributed by atoms with van der Waals surface area (Å²) in [7, 11) is -13.2. The third-order valence-corrected chi connectivity index (χ3v) is 13.6. The van der Waals surface area contributed by atoms with Crippen molar-refractivity contribution in [1.29, 1.82) is 0 Å². The van der Waals surface area contributed by atoms with Gasteiger partial charge in [-0.1, -0.05) is 60.7 Å². The lowest BCUT2D eigenvalue weighted by atomic mass is 9.71. The molecule has 0 radical (unpaired) electrons. The molecule has 15 nitrogen and oxygen atoms in total. The molecule has 1 aromatic heterocycles. The Morgan fingerprint density at radius 3 is 2.06 bits per heavy atom. The first kappa shape index (κ1) is 44.6. The molecule has 0 spiro atoms. The normalized spacial score (nSPS) is 16.6. The number of hydrogen-bond donors (Lipinski definition) is 3. The largest absolute Gasteiger partial charge is 0.465 e. The fourth-order valence-corrected chi connectivity index (χ4v) is 10.3. The molecule has 0 saturated heterocycles. The number of hydrogen-bond acceptors (Lipinski definition) is 10. The van der Waals surface area contributed by atoms with E-state index >= 15 is 0 Å². The van der Waals surface area contributed by atoms with Gasteiger partial charge >= 0.3 is 11.9 Å². The van der Waals surface area contributed by atoms with Crippen LogP contribution in [0.1, 0.15) is 45.1 Å². The van der Waals surface area contributed by atoms with Gasteiger partial charge in [-0.3, -0.25) is 23.2 Å². The molecule has 5 aromatic rings. The van der Waals surface area contributed by atoms with Crippen LogP contribution in [0.5, 0.6) is 0 Å². The maximum absolute atomic E-state index is 14.0. The highest BCUT2D eigenvalue weighted by molar-refractivity contribution is 7.86. The smallest absolute Gasteiger partial charge is 0.324 e. The molecule has 0 fully saturated rings. The van der Waals surface area contributed by atoms with Gasteiger partial charge in [-0.25, -0.2) is 0 Å². The number of ether oxygens (including phenoxy) is 2. The predicted octanol–water partition coefficient (Wildman–Crippen LogP) is 5.71. The SMILES string of the molecule is CCOC(=O)C1(C(=O)OCC)CC(/C=C/C2=[N+](CCCS(=O)(=O)O)c3ccc(S(=O)(=O)O)c4cccc2c34)=CC(=C/C=c2\c3cccc4cccc(c43)n2CCCS(=O)(=O)O)/C1. The molecule has 1 aliphatic carbocycles. The summed E-state index contributed by atoms with van der Waals surface area (Å²) < 4.78 is 115. The first-order valence-corrected chi connectivity index (χ1v) is 24.5. The topological polar surface area (TPSA) is 224 Å². The van der Waals surface area contributed by atoms with Crippen LogP contribution in [0.4, 0.5) is 5.69 Å². The van der Waals surface area contributed by atoms with Gasteiger partial charge in [0.25, 0.3) is 30.4 Å². The molecule has 0 saturated carbocycles. The Bertz CT molecular complexity index is 3160. The molecule has 1 aliphatic heterocycles. The molecule has 18 heteroatoms. The van der Waals surface area contributed by atoms with E-state index in [0.29, 0.717) is 33.5 Å². The zero-order valence-corrected chi connectivity index (χ0v) is 36.3. The van der Waals surface area contributed by atoms with Crippen molar-refractivity contribution >= 4 is 92.2 Å². The maximum Gasteiger partial charge on any atom is 0.324 e. The van der Waals surface area contributed by atoms with Crippen LogP contribution in [0.2, 0.25) is 0 Å².